The Hall–Kier alpha value is 0.314. The first-order valence-corrected chi connectivity index (χ1v) is 10.4. The maximum Gasteiger partial charge on any atom is 0.330 e. The normalized spacial score (nSPS) is 17.1. The lowest BCUT2D eigenvalue weighted by molar-refractivity contribution is 0.327. The van der Waals surface area contributed by atoms with E-state index >= 15 is 0 Å². The molecule has 0 saturated heterocycles. The van der Waals surface area contributed by atoms with Crippen molar-refractivity contribution in [2.24, 2.45) is 0 Å². The van der Waals surface area contributed by atoms with E-state index in [0.29, 0.717) is 6.04 Å². The van der Waals surface area contributed by atoms with Crippen molar-refractivity contribution in [1.29, 1.82) is 0 Å². The molecule has 86 valence electrons. The molecule has 0 aromatic heterocycles. The Kier molecular flexibility index (Phi) is 6.15. The number of rotatable bonds is 6. The molecule has 0 bridgehead atoms. The summed E-state index contributed by atoms with van der Waals surface area (Å²) in [5, 5.41) is 0. The van der Waals surface area contributed by atoms with Gasteiger partial charge in [0.2, 0.25) is 0 Å². The van der Waals surface area contributed by atoms with Gasteiger partial charge in [-0.15, -0.1) is 0 Å². The summed E-state index contributed by atoms with van der Waals surface area (Å²) < 4.78 is 8.23. The largest absolute Gasteiger partial charge is 0.398 e. The van der Waals surface area contributed by atoms with Crippen molar-refractivity contribution in [3.63, 3.8) is 0 Å². The van der Waals surface area contributed by atoms with Crippen LogP contribution >= 0.6 is 0 Å². The predicted octanol–water partition coefficient (Wildman–Crippen LogP) is 1.50. The quantitative estimate of drug-likeness (QED) is 0.705. The van der Waals surface area contributed by atoms with Crippen molar-refractivity contribution in [3.8, 4) is 0 Å². The number of nitrogens with zero attached hydrogens (tertiary/aromatic N) is 1. The van der Waals surface area contributed by atoms with Crippen LogP contribution in [0.5, 0.6) is 0 Å². The van der Waals surface area contributed by atoms with Gasteiger partial charge in [0.1, 0.15) is 8.24 Å². The van der Waals surface area contributed by atoms with Crippen LogP contribution < -0.4 is 4.98 Å². The van der Waals surface area contributed by atoms with Gasteiger partial charge in [-0.2, -0.15) is 0 Å². The van der Waals surface area contributed by atoms with Crippen LogP contribution in [0.3, 0.4) is 0 Å². The molecule has 0 fully saturated rings. The zero-order valence-electron chi connectivity index (χ0n) is 10.7. The number of hydrogen-bond donors (Lipinski definition) is 1. The van der Waals surface area contributed by atoms with E-state index in [2.05, 4.69) is 42.7 Å². The summed E-state index contributed by atoms with van der Waals surface area (Å²) in [6.07, 6.45) is 1.19. The maximum atomic E-state index is 5.60. The Morgan fingerprint density at radius 3 is 2.14 bits per heavy atom. The van der Waals surface area contributed by atoms with Crippen molar-refractivity contribution in [2.75, 3.05) is 14.2 Å². The summed E-state index contributed by atoms with van der Waals surface area (Å²) in [5.41, 5.74) is 0. The second kappa shape index (κ2) is 6.02. The Bertz CT molecular complexity index is 157. The van der Waals surface area contributed by atoms with Gasteiger partial charge in [-0.3, -0.25) is 0 Å². The molecule has 0 aliphatic heterocycles. The van der Waals surface area contributed by atoms with E-state index in [9.17, 15) is 0 Å². The van der Waals surface area contributed by atoms with Crippen molar-refractivity contribution < 1.29 is 4.43 Å². The van der Waals surface area contributed by atoms with Crippen LogP contribution in [-0.2, 0) is 4.43 Å². The summed E-state index contributed by atoms with van der Waals surface area (Å²) >= 11 is 0. The minimum atomic E-state index is -1.36. The molecule has 0 aliphatic carbocycles. The number of nitrogens with one attached hydrogen (secondary N) is 1. The molecular formula is C9H26N2OSi2. The van der Waals surface area contributed by atoms with Crippen LogP contribution in [0.1, 0.15) is 20.3 Å². The average molecular weight is 234 g/mol. The average Bonchev–Trinajstić information content (AvgIpc) is 2.10. The third-order valence-electron chi connectivity index (χ3n) is 2.56. The van der Waals surface area contributed by atoms with E-state index in [-0.39, 0.29) is 0 Å². The fraction of sp³-hybridized carbons (Fsp3) is 1.00. The molecule has 2 atom stereocenters. The molecule has 0 amide bonds. The molecule has 0 radical (unpaired) electrons. The molecule has 0 rings (SSSR count). The second-order valence-electron chi connectivity index (χ2n) is 4.71. The molecule has 2 unspecified atom stereocenters. The van der Waals surface area contributed by atoms with Gasteiger partial charge in [0.05, 0.1) is 0 Å². The van der Waals surface area contributed by atoms with Gasteiger partial charge in [-0.05, 0) is 19.5 Å². The minimum Gasteiger partial charge on any atom is -0.398 e. The fourth-order valence-electron chi connectivity index (χ4n) is 1.81. The summed E-state index contributed by atoms with van der Waals surface area (Å²) in [5.74, 6) is 0. The molecule has 0 aromatic rings. The zero-order chi connectivity index (χ0) is 11.4. The summed E-state index contributed by atoms with van der Waals surface area (Å²) in [6.45, 7) is 11.7. The second-order valence-corrected chi connectivity index (χ2v) is 12.4. The highest BCUT2D eigenvalue weighted by Crippen LogP contribution is 2.16. The Morgan fingerprint density at radius 2 is 1.93 bits per heavy atom. The van der Waals surface area contributed by atoms with E-state index in [4.69, 9.17) is 4.43 Å². The van der Waals surface area contributed by atoms with Crippen LogP contribution in [0.2, 0.25) is 19.6 Å². The monoisotopic (exact) mass is 234 g/mol. The Morgan fingerprint density at radius 1 is 1.43 bits per heavy atom. The summed E-state index contributed by atoms with van der Waals surface area (Å²) in [4.78, 5) is 3.35. The fourth-order valence-corrected chi connectivity index (χ4v) is 8.25. The minimum absolute atomic E-state index is 0.630. The van der Waals surface area contributed by atoms with E-state index in [1.165, 1.54) is 6.42 Å². The molecule has 0 aromatic carbocycles. The summed E-state index contributed by atoms with van der Waals surface area (Å²) in [6, 6.07) is 0.630. The van der Waals surface area contributed by atoms with Gasteiger partial charge in [0.25, 0.3) is 0 Å². The molecule has 0 saturated carbocycles. The molecule has 1 N–H and O–H groups in total. The molecule has 5 heteroatoms. The standard InChI is InChI=1S/C9H26N2OSi2/c1-8-9(2)11(14(5,6)7)13(10-3)12-4/h9-10,13H,8H2,1-7H3. The van der Waals surface area contributed by atoms with Crippen LogP contribution in [-0.4, -0.2) is 42.0 Å². The molecule has 0 spiro atoms. The topological polar surface area (TPSA) is 24.5 Å². The Balaban J connectivity index is 4.70. The van der Waals surface area contributed by atoms with Gasteiger partial charge in [-0.1, -0.05) is 33.5 Å². The smallest absolute Gasteiger partial charge is 0.330 e. The predicted molar refractivity (Wildman–Crippen MR) is 68.2 cm³/mol. The van der Waals surface area contributed by atoms with E-state index < -0.39 is 17.6 Å². The van der Waals surface area contributed by atoms with E-state index in [0.717, 1.165) is 0 Å². The van der Waals surface area contributed by atoms with Crippen molar-refractivity contribution >= 4 is 17.6 Å². The van der Waals surface area contributed by atoms with Gasteiger partial charge in [0.15, 0.2) is 0 Å². The highest BCUT2D eigenvalue weighted by Gasteiger charge is 2.34. The van der Waals surface area contributed by atoms with Crippen molar-refractivity contribution in [1.82, 2.24) is 9.21 Å². The highest BCUT2D eigenvalue weighted by atomic mass is 28.4. The van der Waals surface area contributed by atoms with Gasteiger partial charge in [0, 0.05) is 7.11 Å². The molecular weight excluding hydrogens is 208 g/mol. The Labute approximate surface area is 91.8 Å². The van der Waals surface area contributed by atoms with Crippen LogP contribution in [0.4, 0.5) is 0 Å². The van der Waals surface area contributed by atoms with Crippen LogP contribution in [0, 0.1) is 0 Å². The van der Waals surface area contributed by atoms with Crippen LogP contribution in [0.25, 0.3) is 0 Å². The zero-order valence-corrected chi connectivity index (χ0v) is 12.9. The highest BCUT2D eigenvalue weighted by molar-refractivity contribution is 6.81. The lowest BCUT2D eigenvalue weighted by Gasteiger charge is -2.42. The van der Waals surface area contributed by atoms with E-state index in [1.807, 2.05) is 14.2 Å². The lowest BCUT2D eigenvalue weighted by atomic mass is 10.3. The summed E-state index contributed by atoms with van der Waals surface area (Å²) in [7, 11) is 1.20. The number of hydrogen-bond acceptors (Lipinski definition) is 3. The lowest BCUT2D eigenvalue weighted by Crippen LogP contribution is -2.63. The first-order chi connectivity index (χ1) is 6.38. The van der Waals surface area contributed by atoms with Crippen LogP contribution in [0.15, 0.2) is 0 Å². The SMILES string of the molecule is CCC(C)N([SiH](NC)OC)[Si](C)(C)C. The molecule has 0 aliphatic rings. The maximum absolute atomic E-state index is 5.60. The third-order valence-corrected chi connectivity index (χ3v) is 9.54. The van der Waals surface area contributed by atoms with Gasteiger partial charge >= 0.3 is 9.36 Å². The van der Waals surface area contributed by atoms with Gasteiger partial charge in [-0.25, -0.2) is 0 Å². The first-order valence-electron chi connectivity index (χ1n) is 5.37. The first kappa shape index (κ1) is 14.3. The molecule has 14 heavy (non-hydrogen) atoms. The van der Waals surface area contributed by atoms with Gasteiger partial charge < -0.3 is 13.6 Å². The molecule has 0 heterocycles. The van der Waals surface area contributed by atoms with E-state index in [1.54, 1.807) is 0 Å². The van der Waals surface area contributed by atoms with Crippen molar-refractivity contribution in [3.05, 3.63) is 0 Å². The molecule has 3 nitrogen and oxygen atoms in total. The van der Waals surface area contributed by atoms with Crippen molar-refractivity contribution in [2.45, 2.75) is 46.0 Å². The third kappa shape index (κ3) is 3.82.